The Bertz CT molecular complexity index is 2700. The number of fused-ring (bicyclic) bond motifs is 1. The van der Waals surface area contributed by atoms with E-state index in [1.165, 1.54) is 19.4 Å². The largest absolute Gasteiger partial charge is 0.480 e. The molecule has 1 aliphatic rings. The lowest BCUT2D eigenvalue weighted by Gasteiger charge is -2.28. The van der Waals surface area contributed by atoms with Gasteiger partial charge in [0.1, 0.15) is 42.3 Å². The molecule has 0 spiro atoms. The molecule has 0 bridgehead atoms. The van der Waals surface area contributed by atoms with E-state index in [1.807, 2.05) is 6.07 Å². The lowest BCUT2D eigenvalue weighted by Crippen LogP contribution is -2.60. The zero-order chi connectivity index (χ0) is 55.9. The second-order valence-corrected chi connectivity index (χ2v) is 18.5. The van der Waals surface area contributed by atoms with Crippen molar-refractivity contribution < 1.29 is 48.3 Å². The van der Waals surface area contributed by atoms with E-state index in [1.54, 1.807) is 54.7 Å². The minimum atomic E-state index is -1.61. The van der Waals surface area contributed by atoms with Crippen molar-refractivity contribution in [2.75, 3.05) is 19.6 Å². The molecule has 3 heterocycles. The second-order valence-electron chi connectivity index (χ2n) is 18.5. The van der Waals surface area contributed by atoms with Crippen LogP contribution in [0.2, 0.25) is 0 Å². The van der Waals surface area contributed by atoms with Gasteiger partial charge in [0.2, 0.25) is 47.3 Å². The third-order valence-corrected chi connectivity index (χ3v) is 12.4. The highest BCUT2D eigenvalue weighted by atomic mass is 16.4. The molecule has 2 aromatic heterocycles. The van der Waals surface area contributed by atoms with E-state index >= 15 is 0 Å². The summed E-state index contributed by atoms with van der Waals surface area (Å²) in [4.78, 5) is 135. The summed E-state index contributed by atoms with van der Waals surface area (Å²) in [6, 6.07) is 5.92. The van der Waals surface area contributed by atoms with Crippen LogP contribution in [0.5, 0.6) is 0 Å². The van der Waals surface area contributed by atoms with Gasteiger partial charge >= 0.3 is 5.97 Å². The molecule has 0 radical (unpaired) electrons. The van der Waals surface area contributed by atoms with Crippen LogP contribution in [0.1, 0.15) is 75.1 Å². The molecule has 19 N–H and O–H groups in total. The first kappa shape index (κ1) is 58.8. The maximum Gasteiger partial charge on any atom is 0.326 e. The molecule has 5 rings (SSSR count). The minimum absolute atomic E-state index is 0.0489. The smallest absolute Gasteiger partial charge is 0.326 e. The van der Waals surface area contributed by atoms with Crippen molar-refractivity contribution in [2.45, 2.75) is 120 Å². The van der Waals surface area contributed by atoms with Crippen molar-refractivity contribution in [3.63, 3.8) is 0 Å². The molecule has 2 aromatic carbocycles. The normalized spacial score (nSPS) is 20.8. The van der Waals surface area contributed by atoms with Gasteiger partial charge < -0.3 is 79.7 Å². The number of hydrogen-bond donors (Lipinski definition) is 17. The van der Waals surface area contributed by atoms with Gasteiger partial charge in [-0.25, -0.2) is 9.78 Å². The lowest BCUT2D eigenvalue weighted by molar-refractivity contribution is -0.142. The van der Waals surface area contributed by atoms with Crippen LogP contribution in [0, 0.1) is 10.8 Å². The molecule has 27 heteroatoms. The van der Waals surface area contributed by atoms with Crippen molar-refractivity contribution in [1.82, 2.24) is 68.1 Å². The molecule has 1 fully saturated rings. The Morgan fingerprint density at radius 1 is 0.740 bits per heavy atom. The summed E-state index contributed by atoms with van der Waals surface area (Å²) < 4.78 is 0. The van der Waals surface area contributed by atoms with Crippen molar-refractivity contribution in [2.24, 2.45) is 11.5 Å². The average molecular weight is 1070 g/mol. The van der Waals surface area contributed by atoms with Gasteiger partial charge in [0, 0.05) is 75.5 Å². The number of amides is 8. The topological polar surface area (TPSA) is 438 Å². The van der Waals surface area contributed by atoms with Gasteiger partial charge in [-0.15, -0.1) is 0 Å². The fourth-order valence-corrected chi connectivity index (χ4v) is 8.51. The molecule has 0 unspecified atom stereocenters. The van der Waals surface area contributed by atoms with Gasteiger partial charge in [0.05, 0.1) is 12.0 Å². The number of hydrogen-bond acceptors (Lipinski definition) is 12. The number of guanidine groups is 2. The van der Waals surface area contributed by atoms with Gasteiger partial charge in [-0.05, 0) is 62.1 Å². The highest BCUT2D eigenvalue weighted by Gasteiger charge is 2.35. The number of carboxylic acids is 1. The monoisotopic (exact) mass is 1070 g/mol. The Balaban J connectivity index is 1.54. The number of carbonyl (C=O) groups excluding carboxylic acids is 8. The Labute approximate surface area is 443 Å². The number of nitrogens with one attached hydrogen (secondary N) is 14. The molecular formula is C50H69N17O10. The van der Waals surface area contributed by atoms with Gasteiger partial charge in [-0.2, -0.15) is 0 Å². The third kappa shape index (κ3) is 19.6. The molecule has 7 atom stereocenters. The van der Waals surface area contributed by atoms with Crippen LogP contribution in [0.3, 0.4) is 0 Å². The van der Waals surface area contributed by atoms with Crippen LogP contribution >= 0.6 is 0 Å². The predicted molar refractivity (Wildman–Crippen MR) is 281 cm³/mol. The van der Waals surface area contributed by atoms with Crippen molar-refractivity contribution in [3.8, 4) is 0 Å². The van der Waals surface area contributed by atoms with E-state index < -0.39 is 95.5 Å². The van der Waals surface area contributed by atoms with E-state index in [0.29, 0.717) is 16.8 Å². The summed E-state index contributed by atoms with van der Waals surface area (Å²) in [7, 11) is 0. The summed E-state index contributed by atoms with van der Waals surface area (Å²) in [6.07, 6.45) is 3.54. The van der Waals surface area contributed by atoms with E-state index in [2.05, 4.69) is 68.1 Å². The summed E-state index contributed by atoms with van der Waals surface area (Å²) in [6.45, 7) is 1.41. The number of nitrogens with zero attached hydrogens (tertiary/aromatic N) is 1. The first-order valence-electron chi connectivity index (χ1n) is 25.2. The number of carboxylic acid groups (broad SMARTS) is 1. The number of nitrogens with two attached hydrogens (primary N) is 2. The lowest BCUT2D eigenvalue weighted by atomic mass is 10.0. The molecule has 1 saturated heterocycles. The van der Waals surface area contributed by atoms with Gasteiger partial charge in [0.15, 0.2) is 11.9 Å². The maximum atomic E-state index is 14.7. The number of aromatic amines is 2. The van der Waals surface area contributed by atoms with E-state index in [9.17, 15) is 48.3 Å². The van der Waals surface area contributed by atoms with Gasteiger partial charge in [0.25, 0.3) is 0 Å². The second kappa shape index (κ2) is 29.7. The number of rotatable bonds is 18. The summed E-state index contributed by atoms with van der Waals surface area (Å²) in [5.41, 5.74) is 13.1. The van der Waals surface area contributed by atoms with Crippen LogP contribution in [-0.4, -0.2) is 147 Å². The summed E-state index contributed by atoms with van der Waals surface area (Å²) in [5, 5.41) is 52.6. The van der Waals surface area contributed by atoms with E-state index in [4.69, 9.17) is 22.3 Å². The van der Waals surface area contributed by atoms with E-state index in [0.717, 1.165) is 10.9 Å². The Kier molecular flexibility index (Phi) is 22.7. The molecule has 77 heavy (non-hydrogen) atoms. The van der Waals surface area contributed by atoms with Gasteiger partial charge in [-0.1, -0.05) is 48.5 Å². The number of carbonyl (C=O) groups is 9. The van der Waals surface area contributed by atoms with Crippen molar-refractivity contribution >= 4 is 76.0 Å². The highest BCUT2D eigenvalue weighted by molar-refractivity contribution is 5.98. The highest BCUT2D eigenvalue weighted by Crippen LogP contribution is 2.20. The first-order chi connectivity index (χ1) is 36.9. The fraction of sp³-hybridized carbons (Fsp3) is 0.440. The standard InChI is InChI=1S/C50H69N17O10/c1-28(68)61-34(14-8-20-57-49(51)52)42(70)62-35-15-7-19-56-41(69)18-17-37(48(76)77)64-46(74)39(23-30-25-59-33-13-6-5-12-32(30)33)66-43(71)36(16-9-21-58-50(53)54)63-45(73)38(22-29-10-3-2-4-11-29)65-47(75)40(67-44(35)72)24-31-26-55-27-60-31/h2-6,10-13,25-27,34-40,59H,7-9,14-24H2,1H3,(H,55,60)(H,56,69)(H,61,68)(H,62,70)(H,63,73)(H,64,74)(H,65,75)(H,66,71)(H,67,72)(H,76,77)(H4,51,52,57)(H4,53,54,58)/t34-,35-,36-,37-,38+,39-,40-/m0/s1. The number of benzene rings is 2. The van der Waals surface area contributed by atoms with Crippen LogP contribution in [0.4, 0.5) is 0 Å². The van der Waals surface area contributed by atoms with Gasteiger partial charge in [-0.3, -0.25) is 49.2 Å². The molecule has 414 valence electrons. The fourth-order valence-electron chi connectivity index (χ4n) is 8.51. The van der Waals surface area contributed by atoms with Crippen LogP contribution in [0.15, 0.2) is 73.3 Å². The number of aromatic nitrogens is 3. The molecule has 1 aliphatic heterocycles. The van der Waals surface area contributed by atoms with Crippen molar-refractivity contribution in [1.29, 1.82) is 10.8 Å². The summed E-state index contributed by atoms with van der Waals surface area (Å²) in [5.74, 6) is -8.38. The molecule has 4 aromatic rings. The minimum Gasteiger partial charge on any atom is -0.480 e. The van der Waals surface area contributed by atoms with Crippen LogP contribution in [-0.2, 0) is 62.4 Å². The number of aliphatic carboxylic acids is 1. The molecule has 27 nitrogen and oxygen atoms in total. The number of para-hydroxylation sites is 1. The molecule has 0 saturated carbocycles. The average Bonchev–Trinajstić information content (AvgIpc) is 4.07. The predicted octanol–water partition coefficient (Wildman–Crippen LogP) is -2.37. The zero-order valence-electron chi connectivity index (χ0n) is 42.6. The summed E-state index contributed by atoms with van der Waals surface area (Å²) >= 11 is 0. The SMILES string of the molecule is CC(=O)N[C@@H](CCCNC(=N)N)C(=O)N[C@H]1CCCNC(=O)CC[C@@H](C(=O)O)NC(=O)[C@H](Cc2c[nH]c3ccccc23)NC(=O)[C@H](CCCNC(=N)N)NC(=O)[C@@H](Cc2ccccc2)NC(=O)[C@H](Cc2c[nH]cn2)NC1=O. The Hall–Kier alpha value is -9.04. The molecule has 0 aliphatic carbocycles. The number of H-pyrrole nitrogens is 2. The van der Waals surface area contributed by atoms with E-state index in [-0.39, 0.29) is 102 Å². The quantitative estimate of drug-likeness (QED) is 0.0282. The Morgan fingerprint density at radius 2 is 1.35 bits per heavy atom. The molecular weight excluding hydrogens is 999 g/mol. The van der Waals surface area contributed by atoms with Crippen molar-refractivity contribution in [3.05, 3.63) is 90.1 Å². The number of imidazole rings is 1. The maximum absolute atomic E-state index is 14.7. The molecule has 8 amide bonds. The first-order valence-corrected chi connectivity index (χ1v) is 25.2. The zero-order valence-corrected chi connectivity index (χ0v) is 42.6. The van der Waals surface area contributed by atoms with Crippen LogP contribution < -0.4 is 64.6 Å². The van der Waals surface area contributed by atoms with Crippen LogP contribution in [0.25, 0.3) is 10.9 Å². The Morgan fingerprint density at radius 3 is 2.01 bits per heavy atom. The third-order valence-electron chi connectivity index (χ3n) is 12.4.